The molecule has 0 unspecified atom stereocenters. The largest absolute Gasteiger partial charge is 0.455 e. The Morgan fingerprint density at radius 1 is 1.17 bits per heavy atom. The zero-order chi connectivity index (χ0) is 17.6. The lowest BCUT2D eigenvalue weighted by atomic mass is 9.96. The number of urea groups is 1. The van der Waals surface area contributed by atoms with E-state index in [2.05, 4.69) is 10.6 Å². The fourth-order valence-electron chi connectivity index (χ4n) is 2.44. The molecule has 6 nitrogen and oxygen atoms in total. The highest BCUT2D eigenvalue weighted by Gasteiger charge is 2.52. The molecule has 0 saturated heterocycles. The number of amides is 3. The number of nitrogens with one attached hydrogen (secondary N) is 2. The number of benzene rings is 1. The molecule has 0 radical (unpaired) electrons. The highest BCUT2D eigenvalue weighted by Crippen LogP contribution is 2.49. The van der Waals surface area contributed by atoms with Crippen LogP contribution in [0.4, 0.5) is 4.79 Å². The first-order valence-corrected chi connectivity index (χ1v) is 8.24. The van der Waals surface area contributed by atoms with E-state index in [1.807, 2.05) is 44.2 Å². The van der Waals surface area contributed by atoms with Gasteiger partial charge in [-0.25, -0.2) is 4.79 Å². The van der Waals surface area contributed by atoms with Crippen LogP contribution in [0.1, 0.15) is 38.7 Å². The van der Waals surface area contributed by atoms with Crippen LogP contribution in [-0.4, -0.2) is 31.1 Å². The Kier molecular flexibility index (Phi) is 5.95. The number of rotatable bonds is 7. The molecule has 1 aromatic carbocycles. The first kappa shape index (κ1) is 18.0. The Hall–Kier alpha value is -2.37. The molecule has 0 heterocycles. The van der Waals surface area contributed by atoms with Crippen molar-refractivity contribution in [1.29, 1.82) is 0 Å². The molecule has 3 amide bonds. The molecule has 2 N–H and O–H groups in total. The molecule has 1 aliphatic carbocycles. The van der Waals surface area contributed by atoms with E-state index in [0.29, 0.717) is 25.3 Å². The average molecular weight is 332 g/mol. The Morgan fingerprint density at radius 2 is 1.83 bits per heavy atom. The van der Waals surface area contributed by atoms with Gasteiger partial charge < -0.3 is 10.1 Å². The Bertz CT molecular complexity index is 594. The van der Waals surface area contributed by atoms with Gasteiger partial charge in [-0.05, 0) is 30.7 Å². The van der Waals surface area contributed by atoms with Crippen LogP contribution in [0.3, 0.4) is 0 Å². The van der Waals surface area contributed by atoms with E-state index in [1.165, 1.54) is 0 Å². The van der Waals surface area contributed by atoms with Gasteiger partial charge in [0.1, 0.15) is 0 Å². The van der Waals surface area contributed by atoms with Crippen molar-refractivity contribution in [3.8, 4) is 0 Å². The summed E-state index contributed by atoms with van der Waals surface area (Å²) in [4.78, 5) is 35.5. The number of carbonyl (C=O) groups excluding carboxylic acids is 3. The number of esters is 1. The minimum Gasteiger partial charge on any atom is -0.455 e. The van der Waals surface area contributed by atoms with E-state index >= 15 is 0 Å². The van der Waals surface area contributed by atoms with Crippen molar-refractivity contribution in [1.82, 2.24) is 10.6 Å². The number of ether oxygens (including phenoxy) is 1. The molecule has 1 saturated carbocycles. The van der Waals surface area contributed by atoms with Crippen molar-refractivity contribution in [2.45, 2.75) is 38.5 Å². The van der Waals surface area contributed by atoms with Gasteiger partial charge in [-0.3, -0.25) is 14.9 Å². The lowest BCUT2D eigenvalue weighted by molar-refractivity contribution is -0.150. The molecule has 1 aromatic rings. The van der Waals surface area contributed by atoms with Gasteiger partial charge in [-0.2, -0.15) is 0 Å². The summed E-state index contributed by atoms with van der Waals surface area (Å²) in [6.07, 6.45) is 2.26. The summed E-state index contributed by atoms with van der Waals surface area (Å²) in [6, 6.07) is 8.83. The van der Waals surface area contributed by atoms with Gasteiger partial charge in [-0.1, -0.05) is 44.2 Å². The summed E-state index contributed by atoms with van der Waals surface area (Å²) >= 11 is 0. The quantitative estimate of drug-likeness (QED) is 0.749. The fourth-order valence-corrected chi connectivity index (χ4v) is 2.44. The van der Waals surface area contributed by atoms with Crippen molar-refractivity contribution in [2.75, 3.05) is 13.2 Å². The van der Waals surface area contributed by atoms with Crippen LogP contribution in [0.2, 0.25) is 0 Å². The molecule has 2 rings (SSSR count). The number of carbonyl (C=O) groups is 3. The van der Waals surface area contributed by atoms with Crippen LogP contribution < -0.4 is 10.6 Å². The Balaban J connectivity index is 1.74. The maximum absolute atomic E-state index is 12.3. The lowest BCUT2D eigenvalue weighted by Gasteiger charge is -2.14. The number of hydrogen-bond acceptors (Lipinski definition) is 4. The van der Waals surface area contributed by atoms with Crippen LogP contribution in [0, 0.1) is 5.92 Å². The maximum Gasteiger partial charge on any atom is 0.321 e. The predicted molar refractivity (Wildman–Crippen MR) is 89.3 cm³/mol. The van der Waals surface area contributed by atoms with Gasteiger partial charge in [-0.15, -0.1) is 0 Å². The second-order valence-corrected chi connectivity index (χ2v) is 6.51. The first-order valence-electron chi connectivity index (χ1n) is 8.24. The van der Waals surface area contributed by atoms with Crippen molar-refractivity contribution in [3.63, 3.8) is 0 Å². The van der Waals surface area contributed by atoms with Gasteiger partial charge in [0.05, 0.1) is 5.41 Å². The SMILES string of the molecule is CC(C)CCNC(=O)NC(=O)COC(=O)C1(c2ccccc2)CC1. The minimum absolute atomic E-state index is 0.413. The lowest BCUT2D eigenvalue weighted by Crippen LogP contribution is -2.42. The van der Waals surface area contributed by atoms with E-state index in [-0.39, 0.29) is 0 Å². The first-order chi connectivity index (χ1) is 11.4. The smallest absolute Gasteiger partial charge is 0.321 e. The molecule has 0 bridgehead atoms. The van der Waals surface area contributed by atoms with Crippen LogP contribution in [0.5, 0.6) is 0 Å². The minimum atomic E-state index is -0.630. The van der Waals surface area contributed by atoms with Gasteiger partial charge in [0.2, 0.25) is 0 Å². The molecule has 6 heteroatoms. The summed E-state index contributed by atoms with van der Waals surface area (Å²) in [7, 11) is 0. The van der Waals surface area contributed by atoms with E-state index in [1.54, 1.807) is 0 Å². The van der Waals surface area contributed by atoms with E-state index < -0.39 is 29.9 Å². The Labute approximate surface area is 142 Å². The zero-order valence-electron chi connectivity index (χ0n) is 14.1. The van der Waals surface area contributed by atoms with E-state index in [9.17, 15) is 14.4 Å². The second-order valence-electron chi connectivity index (χ2n) is 6.51. The molecule has 0 aromatic heterocycles. The fraction of sp³-hybridized carbons (Fsp3) is 0.500. The van der Waals surface area contributed by atoms with Gasteiger partial charge in [0, 0.05) is 6.54 Å². The molecule has 0 spiro atoms. The third-order valence-corrected chi connectivity index (χ3v) is 4.06. The normalized spacial score (nSPS) is 14.8. The Morgan fingerprint density at radius 3 is 2.42 bits per heavy atom. The van der Waals surface area contributed by atoms with Crippen LogP contribution in [-0.2, 0) is 19.7 Å². The van der Waals surface area contributed by atoms with Crippen molar-refractivity contribution < 1.29 is 19.1 Å². The summed E-state index contributed by atoms with van der Waals surface area (Å²) in [5.41, 5.74) is 0.281. The van der Waals surface area contributed by atoms with Crippen LogP contribution in [0.15, 0.2) is 30.3 Å². The highest BCUT2D eigenvalue weighted by molar-refractivity contribution is 5.96. The van der Waals surface area contributed by atoms with E-state index in [0.717, 1.165) is 12.0 Å². The average Bonchev–Trinajstić information content (AvgIpc) is 3.35. The van der Waals surface area contributed by atoms with Crippen LogP contribution >= 0.6 is 0 Å². The monoisotopic (exact) mass is 332 g/mol. The molecule has 130 valence electrons. The molecule has 1 fully saturated rings. The van der Waals surface area contributed by atoms with Gasteiger partial charge >= 0.3 is 12.0 Å². The zero-order valence-corrected chi connectivity index (χ0v) is 14.1. The van der Waals surface area contributed by atoms with Gasteiger partial charge in [0.15, 0.2) is 6.61 Å². The van der Waals surface area contributed by atoms with Crippen molar-refractivity contribution >= 4 is 17.9 Å². The summed E-state index contributed by atoms with van der Waals surface area (Å²) in [6.45, 7) is 4.13. The highest BCUT2D eigenvalue weighted by atomic mass is 16.5. The summed E-state index contributed by atoms with van der Waals surface area (Å²) in [5, 5.41) is 4.74. The van der Waals surface area contributed by atoms with Crippen LogP contribution in [0.25, 0.3) is 0 Å². The number of hydrogen-bond donors (Lipinski definition) is 2. The molecular weight excluding hydrogens is 308 g/mol. The third kappa shape index (κ3) is 4.81. The molecular formula is C18H24N2O4. The molecule has 0 atom stereocenters. The van der Waals surface area contributed by atoms with Crippen molar-refractivity contribution in [2.24, 2.45) is 5.92 Å². The molecule has 1 aliphatic rings. The standard InChI is InChI=1S/C18H24N2O4/c1-13(2)8-11-19-17(23)20-15(21)12-24-16(22)18(9-10-18)14-6-4-3-5-7-14/h3-7,13H,8-12H2,1-2H3,(H2,19,20,21,23). The third-order valence-electron chi connectivity index (χ3n) is 4.06. The van der Waals surface area contributed by atoms with Gasteiger partial charge in [0.25, 0.3) is 5.91 Å². The van der Waals surface area contributed by atoms with Crippen molar-refractivity contribution in [3.05, 3.63) is 35.9 Å². The molecule has 24 heavy (non-hydrogen) atoms. The topological polar surface area (TPSA) is 84.5 Å². The number of imide groups is 1. The maximum atomic E-state index is 12.3. The van der Waals surface area contributed by atoms with E-state index in [4.69, 9.17) is 4.74 Å². The molecule has 0 aliphatic heterocycles. The summed E-state index contributed by atoms with van der Waals surface area (Å²) < 4.78 is 5.10. The summed E-state index contributed by atoms with van der Waals surface area (Å²) in [5.74, 6) is -0.576. The predicted octanol–water partition coefficient (Wildman–Crippen LogP) is 2.13. The second kappa shape index (κ2) is 7.95.